The number of nitrogens with zero attached hydrogens (tertiary/aromatic N) is 4. The standard InChI is InChI=1S/C19H22N6O2/c26-18(14-10-15(27-12-14)11-24-8-1-5-23-24)25-9-2-16-17(22-13-21-16)19(25)3-6-20-7-4-19/h1,5,8,10,12-13,20H,2-4,6-7,9,11H2,(H,21,22). The molecule has 2 N–H and O–H groups in total. The van der Waals surface area contributed by atoms with E-state index in [1.165, 1.54) is 0 Å². The van der Waals surface area contributed by atoms with E-state index >= 15 is 0 Å². The van der Waals surface area contributed by atoms with E-state index in [2.05, 4.69) is 20.4 Å². The fourth-order valence-electron chi connectivity index (χ4n) is 4.41. The third-order valence-corrected chi connectivity index (χ3v) is 5.71. The van der Waals surface area contributed by atoms with Crippen molar-refractivity contribution in [2.45, 2.75) is 31.3 Å². The molecular formula is C19H22N6O2. The fraction of sp³-hybridized carbons (Fsp3) is 0.421. The first-order chi connectivity index (χ1) is 13.3. The topological polar surface area (TPSA) is 92.0 Å². The summed E-state index contributed by atoms with van der Waals surface area (Å²) in [7, 11) is 0. The Bertz CT molecular complexity index is 935. The molecule has 2 aliphatic heterocycles. The van der Waals surface area contributed by atoms with E-state index in [4.69, 9.17) is 4.42 Å². The normalized spacial score (nSPS) is 18.6. The van der Waals surface area contributed by atoms with Crippen LogP contribution in [0.3, 0.4) is 0 Å². The summed E-state index contributed by atoms with van der Waals surface area (Å²) in [6, 6.07) is 3.70. The van der Waals surface area contributed by atoms with Gasteiger partial charge in [0.2, 0.25) is 0 Å². The highest BCUT2D eigenvalue weighted by atomic mass is 16.3. The van der Waals surface area contributed by atoms with Gasteiger partial charge in [-0.15, -0.1) is 0 Å². The largest absolute Gasteiger partial charge is 0.467 e. The number of furan rings is 1. The molecule has 1 fully saturated rings. The monoisotopic (exact) mass is 366 g/mol. The summed E-state index contributed by atoms with van der Waals surface area (Å²) in [5.74, 6) is 0.736. The zero-order valence-corrected chi connectivity index (χ0v) is 15.0. The summed E-state index contributed by atoms with van der Waals surface area (Å²) < 4.78 is 7.41. The number of nitrogens with one attached hydrogen (secondary N) is 2. The molecule has 3 aromatic rings. The Morgan fingerprint density at radius 1 is 1.33 bits per heavy atom. The summed E-state index contributed by atoms with van der Waals surface area (Å²) >= 11 is 0. The molecule has 3 aromatic heterocycles. The van der Waals surface area contributed by atoms with Gasteiger partial charge in [-0.2, -0.15) is 5.10 Å². The molecule has 0 atom stereocenters. The van der Waals surface area contributed by atoms with Crippen LogP contribution in [0.15, 0.2) is 41.5 Å². The molecule has 140 valence electrons. The highest BCUT2D eigenvalue weighted by Gasteiger charge is 2.47. The molecular weight excluding hydrogens is 344 g/mol. The van der Waals surface area contributed by atoms with Crippen molar-refractivity contribution in [1.29, 1.82) is 0 Å². The average molecular weight is 366 g/mol. The molecule has 8 nitrogen and oxygen atoms in total. The maximum Gasteiger partial charge on any atom is 0.257 e. The quantitative estimate of drug-likeness (QED) is 0.733. The molecule has 27 heavy (non-hydrogen) atoms. The minimum atomic E-state index is -0.338. The Labute approximate surface area is 156 Å². The van der Waals surface area contributed by atoms with Crippen LogP contribution in [0, 0.1) is 0 Å². The van der Waals surface area contributed by atoms with Crippen molar-refractivity contribution in [3.8, 4) is 0 Å². The number of carbonyl (C=O) groups is 1. The van der Waals surface area contributed by atoms with Crippen LogP contribution in [0.2, 0.25) is 0 Å². The fourth-order valence-corrected chi connectivity index (χ4v) is 4.41. The lowest BCUT2D eigenvalue weighted by Crippen LogP contribution is -2.57. The van der Waals surface area contributed by atoms with Crippen LogP contribution < -0.4 is 5.32 Å². The third-order valence-electron chi connectivity index (χ3n) is 5.71. The van der Waals surface area contributed by atoms with Gasteiger partial charge in [-0.1, -0.05) is 0 Å². The molecule has 0 radical (unpaired) electrons. The Balaban J connectivity index is 1.45. The third kappa shape index (κ3) is 2.68. The predicted molar refractivity (Wildman–Crippen MR) is 97.1 cm³/mol. The smallest absolute Gasteiger partial charge is 0.257 e. The Morgan fingerprint density at radius 3 is 3.04 bits per heavy atom. The number of H-pyrrole nitrogens is 1. The lowest BCUT2D eigenvalue weighted by molar-refractivity contribution is 0.0277. The van der Waals surface area contributed by atoms with Gasteiger partial charge in [0.1, 0.15) is 12.0 Å². The van der Waals surface area contributed by atoms with Crippen molar-refractivity contribution in [3.63, 3.8) is 0 Å². The van der Waals surface area contributed by atoms with Gasteiger partial charge < -0.3 is 19.6 Å². The van der Waals surface area contributed by atoms with Crippen molar-refractivity contribution in [3.05, 3.63) is 59.8 Å². The van der Waals surface area contributed by atoms with Gasteiger partial charge in [0.15, 0.2) is 0 Å². The molecule has 1 spiro atoms. The van der Waals surface area contributed by atoms with Gasteiger partial charge in [0.05, 0.1) is 29.7 Å². The van der Waals surface area contributed by atoms with Gasteiger partial charge in [0, 0.05) is 31.1 Å². The number of fused-ring (bicyclic) bond motifs is 2. The average Bonchev–Trinajstić information content (AvgIpc) is 3.45. The van der Waals surface area contributed by atoms with Gasteiger partial charge in [-0.3, -0.25) is 9.48 Å². The SMILES string of the molecule is O=C(c1coc(Cn2cccn2)c1)N1CCc2[nH]cnc2C12CCNCC2. The number of imidazole rings is 1. The van der Waals surface area contributed by atoms with Crippen molar-refractivity contribution >= 4 is 5.91 Å². The number of rotatable bonds is 3. The number of piperidine rings is 1. The number of hydrogen-bond acceptors (Lipinski definition) is 5. The van der Waals surface area contributed by atoms with Gasteiger partial charge in [-0.05, 0) is 38.1 Å². The zero-order valence-electron chi connectivity index (χ0n) is 15.0. The second-order valence-electron chi connectivity index (χ2n) is 7.22. The van der Waals surface area contributed by atoms with Crippen molar-refractivity contribution in [2.24, 2.45) is 0 Å². The first-order valence-corrected chi connectivity index (χ1v) is 9.36. The number of carbonyl (C=O) groups excluding carboxylic acids is 1. The Morgan fingerprint density at radius 2 is 2.22 bits per heavy atom. The van der Waals surface area contributed by atoms with Crippen molar-refractivity contribution in [2.75, 3.05) is 19.6 Å². The van der Waals surface area contributed by atoms with Gasteiger partial charge in [0.25, 0.3) is 5.91 Å². The Hall–Kier alpha value is -2.87. The second kappa shape index (κ2) is 6.38. The molecule has 0 bridgehead atoms. The summed E-state index contributed by atoms with van der Waals surface area (Å²) in [4.78, 5) is 23.3. The maximum atomic E-state index is 13.4. The van der Waals surface area contributed by atoms with Crippen molar-refractivity contribution < 1.29 is 9.21 Å². The molecule has 1 amide bonds. The van der Waals surface area contributed by atoms with Gasteiger partial charge in [-0.25, -0.2) is 4.98 Å². The molecule has 1 saturated heterocycles. The van der Waals surface area contributed by atoms with Crippen LogP contribution in [0.25, 0.3) is 0 Å². The van der Waals surface area contributed by atoms with E-state index in [9.17, 15) is 4.79 Å². The van der Waals surface area contributed by atoms with E-state index < -0.39 is 0 Å². The summed E-state index contributed by atoms with van der Waals surface area (Å²) in [5.41, 5.74) is 2.44. The molecule has 0 unspecified atom stereocenters. The molecule has 0 aromatic carbocycles. The number of hydrogen-bond donors (Lipinski definition) is 2. The lowest BCUT2D eigenvalue weighted by atomic mass is 9.79. The first kappa shape index (κ1) is 16.3. The minimum Gasteiger partial charge on any atom is -0.467 e. The van der Waals surface area contributed by atoms with E-state index in [-0.39, 0.29) is 11.4 Å². The van der Waals surface area contributed by atoms with Crippen LogP contribution in [-0.2, 0) is 18.5 Å². The van der Waals surface area contributed by atoms with Crippen LogP contribution in [0.1, 0.15) is 40.3 Å². The van der Waals surface area contributed by atoms with E-state index in [1.54, 1.807) is 23.5 Å². The number of amides is 1. The van der Waals surface area contributed by atoms with Gasteiger partial charge >= 0.3 is 0 Å². The minimum absolute atomic E-state index is 0.0148. The van der Waals surface area contributed by atoms with E-state index in [0.29, 0.717) is 18.7 Å². The maximum absolute atomic E-state index is 13.4. The number of aromatic amines is 1. The summed E-state index contributed by atoms with van der Waals surface area (Å²) in [5, 5.41) is 7.59. The molecule has 5 rings (SSSR count). The molecule has 0 saturated carbocycles. The van der Waals surface area contributed by atoms with E-state index in [0.717, 1.165) is 49.5 Å². The summed E-state index contributed by atoms with van der Waals surface area (Å²) in [6.07, 6.45) is 9.46. The highest BCUT2D eigenvalue weighted by molar-refractivity contribution is 5.94. The van der Waals surface area contributed by atoms with E-state index in [1.807, 2.05) is 23.2 Å². The molecule has 8 heteroatoms. The van der Waals surface area contributed by atoms with Crippen LogP contribution in [-0.4, -0.2) is 50.2 Å². The van der Waals surface area contributed by atoms with Crippen LogP contribution in [0.4, 0.5) is 0 Å². The Kier molecular flexibility index (Phi) is 3.86. The highest BCUT2D eigenvalue weighted by Crippen LogP contribution is 2.41. The number of aromatic nitrogens is 4. The second-order valence-corrected chi connectivity index (χ2v) is 7.22. The van der Waals surface area contributed by atoms with Crippen LogP contribution in [0.5, 0.6) is 0 Å². The van der Waals surface area contributed by atoms with Crippen LogP contribution >= 0.6 is 0 Å². The lowest BCUT2D eigenvalue weighted by Gasteiger charge is -2.48. The van der Waals surface area contributed by atoms with Crippen molar-refractivity contribution in [1.82, 2.24) is 30.0 Å². The predicted octanol–water partition coefficient (Wildman–Crippen LogP) is 1.52. The molecule has 2 aliphatic rings. The summed E-state index contributed by atoms with van der Waals surface area (Å²) in [6.45, 7) is 2.96. The molecule has 0 aliphatic carbocycles. The first-order valence-electron chi connectivity index (χ1n) is 9.36. The molecule has 5 heterocycles. The zero-order chi connectivity index (χ0) is 18.3.